The minimum Gasteiger partial charge on any atom is -0.350 e. The fourth-order valence-electron chi connectivity index (χ4n) is 0.245. The number of carbonyl (C=O) groups is 1. The molecule has 0 heterocycles. The smallest absolute Gasteiger partial charge is 0.332 e. The first-order valence-corrected chi connectivity index (χ1v) is 2.67. The number of hydrogen-bond donors (Lipinski definition) is 2. The molecule has 0 unspecified atom stereocenters. The number of nitrogens with zero attached hydrogens (tertiary/aromatic N) is 1. The molecule has 0 aromatic carbocycles. The Morgan fingerprint density at radius 2 is 2.67 bits per heavy atom. The number of rotatable bonds is 2. The van der Waals surface area contributed by atoms with Crippen LogP contribution in [0.1, 0.15) is 13.8 Å². The molecule has 0 saturated heterocycles. The van der Waals surface area contributed by atoms with E-state index in [1.807, 2.05) is 13.8 Å². The number of hydrogen-bond acceptors (Lipinski definition) is 2. The van der Waals surface area contributed by atoms with E-state index in [0.29, 0.717) is 5.92 Å². The van der Waals surface area contributed by atoms with E-state index in [9.17, 15) is 4.79 Å². The summed E-state index contributed by atoms with van der Waals surface area (Å²) in [5.41, 5.74) is 3.72. The molecule has 2 amide bonds. The zero-order valence-corrected chi connectivity index (χ0v) is 5.51. The number of nitrogens with two attached hydrogens (primary N) is 1. The lowest BCUT2D eigenvalue weighted by Crippen LogP contribution is -2.24. The SMILES string of the molecule is [2H]NC(=O)N/N=C/C(C)C. The second-order valence-corrected chi connectivity index (χ2v) is 1.96. The standard InChI is InChI=1S/C5H11N3O/c1-4(2)3-7-8-5(6)9/h3-4H,1-2H3,(H3,6,8,9)/b7-3+/i/hD. The van der Waals surface area contributed by atoms with Crippen LogP contribution in [0.3, 0.4) is 0 Å². The predicted octanol–water partition coefficient (Wildman–Crippen LogP) is 0.296. The van der Waals surface area contributed by atoms with Gasteiger partial charge in [0.15, 0.2) is 1.41 Å². The van der Waals surface area contributed by atoms with Gasteiger partial charge < -0.3 is 5.73 Å². The summed E-state index contributed by atoms with van der Waals surface area (Å²) < 4.78 is 6.36. The maximum Gasteiger partial charge on any atom is 0.332 e. The molecule has 0 rings (SSSR count). The van der Waals surface area contributed by atoms with Crippen LogP contribution < -0.4 is 11.2 Å². The molecule has 0 spiro atoms. The van der Waals surface area contributed by atoms with Crippen molar-refractivity contribution in [2.24, 2.45) is 16.7 Å². The maximum absolute atomic E-state index is 10.3. The molecule has 0 atom stereocenters. The molecule has 9 heavy (non-hydrogen) atoms. The number of primary amides is 1. The van der Waals surface area contributed by atoms with Crippen molar-refractivity contribution in [1.82, 2.24) is 5.43 Å². The molecule has 0 saturated carbocycles. The lowest BCUT2D eigenvalue weighted by Gasteiger charge is -1.92. The van der Waals surface area contributed by atoms with E-state index in [-0.39, 0.29) is 0 Å². The van der Waals surface area contributed by atoms with Crippen LogP contribution in [0.25, 0.3) is 0 Å². The van der Waals surface area contributed by atoms with E-state index in [4.69, 9.17) is 1.41 Å². The Bertz CT molecular complexity index is 135. The lowest BCUT2D eigenvalue weighted by molar-refractivity contribution is 0.249. The molecule has 0 aliphatic rings. The van der Waals surface area contributed by atoms with Gasteiger partial charge in [0.25, 0.3) is 0 Å². The molecule has 52 valence electrons. The second-order valence-electron chi connectivity index (χ2n) is 1.96. The van der Waals surface area contributed by atoms with E-state index in [0.717, 1.165) is 0 Å². The van der Waals surface area contributed by atoms with Crippen LogP contribution >= 0.6 is 0 Å². The first kappa shape index (κ1) is 6.07. The highest BCUT2D eigenvalue weighted by Gasteiger charge is 1.85. The molecule has 0 bridgehead atoms. The largest absolute Gasteiger partial charge is 0.350 e. The van der Waals surface area contributed by atoms with Gasteiger partial charge in [-0.25, -0.2) is 10.2 Å². The van der Waals surface area contributed by atoms with Crippen LogP contribution in [-0.2, 0) is 0 Å². The fourth-order valence-corrected chi connectivity index (χ4v) is 0.245. The van der Waals surface area contributed by atoms with Crippen molar-refractivity contribution < 1.29 is 6.21 Å². The van der Waals surface area contributed by atoms with Gasteiger partial charge in [0.2, 0.25) is 0 Å². The van der Waals surface area contributed by atoms with Crippen molar-refractivity contribution >= 4 is 12.2 Å². The van der Waals surface area contributed by atoms with Crippen LogP contribution in [0.4, 0.5) is 4.79 Å². The van der Waals surface area contributed by atoms with E-state index in [2.05, 4.69) is 10.5 Å². The molecular formula is C5H11N3O. The molecular weight excluding hydrogens is 118 g/mol. The van der Waals surface area contributed by atoms with Gasteiger partial charge in [-0.1, -0.05) is 13.8 Å². The van der Waals surface area contributed by atoms with Gasteiger partial charge in [-0.3, -0.25) is 0 Å². The summed E-state index contributed by atoms with van der Waals surface area (Å²) in [5, 5.41) is 3.53. The minimum atomic E-state index is -0.628. The Hall–Kier alpha value is -1.06. The van der Waals surface area contributed by atoms with Crippen LogP contribution in [0, 0.1) is 5.92 Å². The minimum absolute atomic E-state index is 0.297. The second kappa shape index (κ2) is 3.88. The highest BCUT2D eigenvalue weighted by atomic mass is 16.2. The number of nitrogens with one attached hydrogen (secondary N) is 1. The van der Waals surface area contributed by atoms with Crippen LogP contribution in [0.5, 0.6) is 0 Å². The summed E-state index contributed by atoms with van der Waals surface area (Å²) >= 11 is 0. The van der Waals surface area contributed by atoms with Gasteiger partial charge in [0.1, 0.15) is 0 Å². The van der Waals surface area contributed by atoms with Crippen molar-refractivity contribution in [3.63, 3.8) is 0 Å². The van der Waals surface area contributed by atoms with Gasteiger partial charge in [0, 0.05) is 6.21 Å². The molecule has 0 aliphatic heterocycles. The maximum atomic E-state index is 10.3. The molecule has 4 nitrogen and oxygen atoms in total. The number of urea groups is 1. The normalized spacial score (nSPS) is 11.7. The van der Waals surface area contributed by atoms with Crippen molar-refractivity contribution in [1.29, 1.82) is 0 Å². The van der Waals surface area contributed by atoms with E-state index in [1.54, 1.807) is 11.9 Å². The Morgan fingerprint density at radius 3 is 3.11 bits per heavy atom. The van der Waals surface area contributed by atoms with Crippen LogP contribution in [-0.4, -0.2) is 12.2 Å². The van der Waals surface area contributed by atoms with E-state index >= 15 is 0 Å². The first-order valence-electron chi connectivity index (χ1n) is 3.17. The average Bonchev–Trinajstić information content (AvgIpc) is 1.87. The highest BCUT2D eigenvalue weighted by molar-refractivity contribution is 5.72. The van der Waals surface area contributed by atoms with Crippen molar-refractivity contribution in [3.05, 3.63) is 0 Å². The van der Waals surface area contributed by atoms with Crippen LogP contribution in [0.15, 0.2) is 5.10 Å². The molecule has 3 N–H and O–H groups in total. The summed E-state index contributed by atoms with van der Waals surface area (Å²) in [5.74, 6) is 0.297. The third-order valence-corrected chi connectivity index (χ3v) is 0.539. The van der Waals surface area contributed by atoms with Gasteiger partial charge in [-0.15, -0.1) is 0 Å². The number of amides is 2. The number of carbonyl (C=O) groups excluding carboxylic acids is 1. The summed E-state index contributed by atoms with van der Waals surface area (Å²) in [4.78, 5) is 10.3. The Labute approximate surface area is 55.6 Å². The molecule has 0 aromatic heterocycles. The Morgan fingerprint density at radius 1 is 2.00 bits per heavy atom. The Kier molecular flexibility index (Phi) is 2.62. The fraction of sp³-hybridized carbons (Fsp3) is 0.600. The van der Waals surface area contributed by atoms with Gasteiger partial charge >= 0.3 is 6.03 Å². The highest BCUT2D eigenvalue weighted by Crippen LogP contribution is 1.82. The Balaban J connectivity index is 3.43. The monoisotopic (exact) mass is 130 g/mol. The van der Waals surface area contributed by atoms with Gasteiger partial charge in [-0.05, 0) is 5.92 Å². The zero-order valence-electron chi connectivity index (χ0n) is 6.51. The summed E-state index contributed by atoms with van der Waals surface area (Å²) in [6.07, 6.45) is 1.58. The van der Waals surface area contributed by atoms with Crippen molar-refractivity contribution in [2.75, 3.05) is 0 Å². The topological polar surface area (TPSA) is 67.5 Å². The van der Waals surface area contributed by atoms with Gasteiger partial charge in [0.05, 0.1) is 0 Å². The van der Waals surface area contributed by atoms with E-state index in [1.165, 1.54) is 0 Å². The molecule has 0 aromatic rings. The van der Waals surface area contributed by atoms with Gasteiger partial charge in [-0.2, -0.15) is 5.10 Å². The number of hydrazone groups is 1. The third-order valence-electron chi connectivity index (χ3n) is 0.539. The summed E-state index contributed by atoms with van der Waals surface area (Å²) in [6.45, 7) is 3.87. The average molecular weight is 130 g/mol. The third kappa shape index (κ3) is 6.94. The quantitative estimate of drug-likeness (QED) is 0.409. The summed E-state index contributed by atoms with van der Waals surface area (Å²) in [7, 11) is 0. The van der Waals surface area contributed by atoms with E-state index < -0.39 is 6.03 Å². The predicted molar refractivity (Wildman–Crippen MR) is 36.0 cm³/mol. The van der Waals surface area contributed by atoms with Crippen molar-refractivity contribution in [3.8, 4) is 0 Å². The molecule has 0 fully saturated rings. The molecule has 0 radical (unpaired) electrons. The zero-order chi connectivity index (χ0) is 7.98. The molecule has 0 aliphatic carbocycles. The van der Waals surface area contributed by atoms with Crippen molar-refractivity contribution in [2.45, 2.75) is 13.8 Å². The first-order chi connectivity index (χ1) is 4.66. The lowest BCUT2D eigenvalue weighted by atomic mass is 10.3. The summed E-state index contributed by atoms with van der Waals surface area (Å²) in [6, 6.07) is -0.628. The van der Waals surface area contributed by atoms with Crippen LogP contribution in [0.2, 0.25) is 1.41 Å². The molecule has 4 heteroatoms.